The van der Waals surface area contributed by atoms with Gasteiger partial charge in [-0.05, 0) is 75.1 Å². The maximum atomic E-state index is 11.1. The van der Waals surface area contributed by atoms with E-state index < -0.39 is 0 Å². The van der Waals surface area contributed by atoms with Gasteiger partial charge in [0.2, 0.25) is 0 Å². The first-order valence-corrected chi connectivity index (χ1v) is 7.86. The van der Waals surface area contributed by atoms with Crippen molar-refractivity contribution in [3.05, 3.63) is 46.0 Å². The number of carbonyl (C=O) groups is 1. The van der Waals surface area contributed by atoms with Gasteiger partial charge in [0.05, 0.1) is 0 Å². The summed E-state index contributed by atoms with van der Waals surface area (Å²) in [6.45, 7) is 15.1. The van der Waals surface area contributed by atoms with Crippen LogP contribution in [0.25, 0.3) is 0 Å². The summed E-state index contributed by atoms with van der Waals surface area (Å²) in [4.78, 5) is 11.1. The molecule has 21 heavy (non-hydrogen) atoms. The van der Waals surface area contributed by atoms with E-state index >= 15 is 0 Å². The van der Waals surface area contributed by atoms with Crippen LogP contribution in [0.4, 0.5) is 0 Å². The molecule has 0 radical (unpaired) electrons. The summed E-state index contributed by atoms with van der Waals surface area (Å²) >= 11 is 0. The summed E-state index contributed by atoms with van der Waals surface area (Å²) in [6, 6.07) is 4.60. The van der Waals surface area contributed by atoms with Crippen LogP contribution in [-0.4, -0.2) is 6.29 Å². The Hall–Kier alpha value is -1.37. The number of hydrogen-bond acceptors (Lipinski definition) is 1. The molecule has 0 aromatic heterocycles. The lowest BCUT2D eigenvalue weighted by Gasteiger charge is -2.33. The molecule has 0 heterocycles. The van der Waals surface area contributed by atoms with Gasteiger partial charge in [0.15, 0.2) is 0 Å². The molecule has 116 valence electrons. The number of benzene rings is 1. The first-order valence-electron chi connectivity index (χ1n) is 7.86. The van der Waals surface area contributed by atoms with Crippen LogP contribution in [0.1, 0.15) is 62.8 Å². The van der Waals surface area contributed by atoms with Crippen molar-refractivity contribution < 1.29 is 4.79 Å². The second kappa shape index (κ2) is 7.06. The monoisotopic (exact) mass is 286 g/mol. The lowest BCUT2D eigenvalue weighted by atomic mass is 9.71. The summed E-state index contributed by atoms with van der Waals surface area (Å²) in [6.07, 6.45) is 5.25. The third-order valence-corrected chi connectivity index (χ3v) is 4.46. The van der Waals surface area contributed by atoms with Crippen LogP contribution in [-0.2, 0) is 10.2 Å². The Kier molecular flexibility index (Phi) is 5.95. The quantitative estimate of drug-likeness (QED) is 0.502. The van der Waals surface area contributed by atoms with E-state index in [1.807, 2.05) is 6.92 Å². The summed E-state index contributed by atoms with van der Waals surface area (Å²) in [5, 5.41) is 0. The van der Waals surface area contributed by atoms with E-state index in [0.29, 0.717) is 0 Å². The number of hydrogen-bond donors (Lipinski definition) is 0. The van der Waals surface area contributed by atoms with Crippen molar-refractivity contribution in [1.82, 2.24) is 0 Å². The number of allylic oxidation sites excluding steroid dienone is 2. The fourth-order valence-electron chi connectivity index (χ4n) is 3.10. The van der Waals surface area contributed by atoms with Crippen LogP contribution in [0, 0.1) is 26.7 Å². The summed E-state index contributed by atoms with van der Waals surface area (Å²) in [5.74, 6) is 0.0848. The first kappa shape index (κ1) is 17.7. The summed E-state index contributed by atoms with van der Waals surface area (Å²) in [7, 11) is 0. The van der Waals surface area contributed by atoms with E-state index in [0.717, 1.165) is 19.1 Å². The molecule has 1 rings (SSSR count). The Morgan fingerprint density at radius 1 is 1.14 bits per heavy atom. The number of aryl methyl sites for hydroxylation is 3. The highest BCUT2D eigenvalue weighted by molar-refractivity contribution is 5.53. The first-order chi connectivity index (χ1) is 9.69. The van der Waals surface area contributed by atoms with Crippen molar-refractivity contribution in [1.29, 1.82) is 0 Å². The van der Waals surface area contributed by atoms with Gasteiger partial charge in [-0.2, -0.15) is 0 Å². The van der Waals surface area contributed by atoms with Crippen molar-refractivity contribution in [2.45, 2.75) is 66.7 Å². The predicted molar refractivity (Wildman–Crippen MR) is 91.9 cm³/mol. The lowest BCUT2D eigenvalue weighted by molar-refractivity contribution is -0.111. The highest BCUT2D eigenvalue weighted by Gasteiger charge is 2.29. The van der Waals surface area contributed by atoms with E-state index in [-0.39, 0.29) is 11.3 Å². The smallest absolute Gasteiger partial charge is 0.122 e. The molecule has 0 bridgehead atoms. The molecule has 2 unspecified atom stereocenters. The van der Waals surface area contributed by atoms with Crippen molar-refractivity contribution in [3.8, 4) is 0 Å². The Morgan fingerprint density at radius 3 is 2.24 bits per heavy atom. The maximum absolute atomic E-state index is 11.1. The molecule has 0 fully saturated rings. The van der Waals surface area contributed by atoms with E-state index in [2.05, 4.69) is 59.8 Å². The fourth-order valence-corrected chi connectivity index (χ4v) is 3.10. The minimum atomic E-state index is 0.0140. The molecule has 1 aromatic rings. The third kappa shape index (κ3) is 4.56. The number of carbonyl (C=O) groups excluding carboxylic acids is 1. The number of aldehydes is 1. The van der Waals surface area contributed by atoms with Crippen LogP contribution < -0.4 is 0 Å². The molecule has 0 aliphatic rings. The van der Waals surface area contributed by atoms with Crippen LogP contribution in [0.2, 0.25) is 0 Å². The molecule has 0 aliphatic heterocycles. The minimum absolute atomic E-state index is 0.0140. The summed E-state index contributed by atoms with van der Waals surface area (Å²) < 4.78 is 0. The third-order valence-electron chi connectivity index (χ3n) is 4.46. The van der Waals surface area contributed by atoms with Gasteiger partial charge in [0.25, 0.3) is 0 Å². The SMILES string of the molecule is CC(C)=CCC(C)(CC(C)C=O)c1cc(C)c(C)cc1C. The Bertz CT molecular complexity index is 535. The molecule has 0 aliphatic carbocycles. The molecule has 1 nitrogen and oxygen atoms in total. The van der Waals surface area contributed by atoms with E-state index in [9.17, 15) is 4.79 Å². The van der Waals surface area contributed by atoms with Gasteiger partial charge in [-0.3, -0.25) is 0 Å². The Labute approximate surface area is 130 Å². The molecular formula is C20H30O. The molecule has 0 saturated heterocycles. The fraction of sp³-hybridized carbons (Fsp3) is 0.550. The van der Waals surface area contributed by atoms with Crippen molar-refractivity contribution in [3.63, 3.8) is 0 Å². The maximum Gasteiger partial charge on any atom is 0.122 e. The Morgan fingerprint density at radius 2 is 1.71 bits per heavy atom. The molecule has 1 heteroatoms. The van der Waals surface area contributed by atoms with Gasteiger partial charge in [-0.15, -0.1) is 0 Å². The van der Waals surface area contributed by atoms with Crippen molar-refractivity contribution in [2.24, 2.45) is 5.92 Å². The topological polar surface area (TPSA) is 17.1 Å². The number of rotatable bonds is 6. The molecule has 0 saturated carbocycles. The zero-order valence-corrected chi connectivity index (χ0v) is 14.7. The van der Waals surface area contributed by atoms with E-state index in [1.54, 1.807) is 0 Å². The Balaban J connectivity index is 3.32. The average molecular weight is 286 g/mol. The van der Waals surface area contributed by atoms with Gasteiger partial charge in [0, 0.05) is 5.92 Å². The van der Waals surface area contributed by atoms with Crippen LogP contribution in [0.3, 0.4) is 0 Å². The normalized spacial score (nSPS) is 15.2. The molecule has 2 atom stereocenters. The predicted octanol–water partition coefficient (Wildman–Crippen LogP) is 5.45. The van der Waals surface area contributed by atoms with Crippen molar-refractivity contribution >= 4 is 6.29 Å². The van der Waals surface area contributed by atoms with Gasteiger partial charge in [0.1, 0.15) is 6.29 Å². The second-order valence-corrected chi connectivity index (χ2v) is 7.12. The standard InChI is InChI=1S/C20H30O/c1-14(2)8-9-20(7,12-15(3)13-21)19-11-17(5)16(4)10-18(19)6/h8,10-11,13,15H,9,12H2,1-7H3. The molecule has 0 spiro atoms. The van der Waals surface area contributed by atoms with Crippen LogP contribution >= 0.6 is 0 Å². The second-order valence-electron chi connectivity index (χ2n) is 7.12. The largest absolute Gasteiger partial charge is 0.303 e. The van der Waals surface area contributed by atoms with Crippen molar-refractivity contribution in [2.75, 3.05) is 0 Å². The highest BCUT2D eigenvalue weighted by atomic mass is 16.1. The van der Waals surface area contributed by atoms with Crippen LogP contribution in [0.5, 0.6) is 0 Å². The zero-order valence-electron chi connectivity index (χ0n) is 14.7. The van der Waals surface area contributed by atoms with Gasteiger partial charge in [-0.25, -0.2) is 0 Å². The highest BCUT2D eigenvalue weighted by Crippen LogP contribution is 2.37. The van der Waals surface area contributed by atoms with Gasteiger partial charge in [-0.1, -0.05) is 37.6 Å². The van der Waals surface area contributed by atoms with Gasteiger partial charge < -0.3 is 4.79 Å². The molecular weight excluding hydrogens is 256 g/mol. The molecule has 1 aromatic carbocycles. The summed E-state index contributed by atoms with van der Waals surface area (Å²) in [5.41, 5.74) is 6.74. The van der Waals surface area contributed by atoms with E-state index in [4.69, 9.17) is 0 Å². The van der Waals surface area contributed by atoms with Gasteiger partial charge >= 0.3 is 0 Å². The lowest BCUT2D eigenvalue weighted by Crippen LogP contribution is -2.26. The molecule has 0 amide bonds. The van der Waals surface area contributed by atoms with Crippen LogP contribution in [0.15, 0.2) is 23.8 Å². The molecule has 0 N–H and O–H groups in total. The minimum Gasteiger partial charge on any atom is -0.303 e. The van der Waals surface area contributed by atoms with E-state index in [1.165, 1.54) is 27.8 Å². The average Bonchev–Trinajstić information content (AvgIpc) is 2.40. The zero-order chi connectivity index (χ0) is 16.2.